The van der Waals surface area contributed by atoms with Crippen LogP contribution >= 0.6 is 34.8 Å². The first kappa shape index (κ1) is 24.4. The Morgan fingerprint density at radius 3 is 2.36 bits per heavy atom. The first-order valence-electron chi connectivity index (χ1n) is 9.17. The average Bonchev–Trinajstić information content (AvgIpc) is 2.95. The molecule has 0 bridgehead atoms. The summed E-state index contributed by atoms with van der Waals surface area (Å²) < 4.78 is 27.6. The van der Waals surface area contributed by atoms with Crippen LogP contribution in [-0.4, -0.2) is 55.5 Å². The Balaban J connectivity index is 2.11. The largest absolute Gasteiger partial charge is 0.474 e. The zero-order valence-corrected chi connectivity index (χ0v) is 20.7. The monoisotopic (exact) mass is 473 g/mol. The summed E-state index contributed by atoms with van der Waals surface area (Å²) in [4.78, 5) is 0. The fraction of sp³-hybridized carbons (Fsp3) is 0.833. The predicted octanol–water partition coefficient (Wildman–Crippen LogP) is 5.18. The van der Waals surface area contributed by atoms with Gasteiger partial charge in [0.2, 0.25) is 5.90 Å². The molecule has 2 aliphatic heterocycles. The van der Waals surface area contributed by atoms with E-state index in [1.165, 1.54) is 0 Å². The topological polar surface area (TPSA) is 70.0 Å². The molecule has 3 atom stereocenters. The van der Waals surface area contributed by atoms with E-state index in [4.69, 9.17) is 63.6 Å². The van der Waals surface area contributed by atoms with Crippen molar-refractivity contribution < 1.29 is 23.4 Å². The number of halogens is 3. The first-order chi connectivity index (χ1) is 12.5. The molecular weight excluding hydrogens is 445 g/mol. The van der Waals surface area contributed by atoms with Gasteiger partial charge >= 0.3 is 0 Å². The second kappa shape index (κ2) is 8.34. The highest BCUT2D eigenvalue weighted by Gasteiger charge is 2.52. The zero-order valence-electron chi connectivity index (χ0n) is 17.4. The van der Waals surface area contributed by atoms with Crippen molar-refractivity contribution in [1.82, 2.24) is 0 Å². The molecule has 162 valence electrons. The Hall–Kier alpha value is 0.137. The van der Waals surface area contributed by atoms with E-state index in [0.29, 0.717) is 6.61 Å². The van der Waals surface area contributed by atoms with E-state index < -0.39 is 30.1 Å². The maximum atomic E-state index is 7.65. The van der Waals surface area contributed by atoms with Gasteiger partial charge in [0, 0.05) is 0 Å². The molecule has 0 aromatic heterocycles. The summed E-state index contributed by atoms with van der Waals surface area (Å²) in [5, 5.41) is 7.74. The summed E-state index contributed by atoms with van der Waals surface area (Å²) in [7, 11) is -1.95. The quantitative estimate of drug-likeness (QED) is 0.195. The highest BCUT2D eigenvalue weighted by atomic mass is 35.6. The van der Waals surface area contributed by atoms with E-state index >= 15 is 0 Å². The molecule has 0 amide bonds. The maximum absolute atomic E-state index is 7.65. The van der Waals surface area contributed by atoms with Crippen molar-refractivity contribution in [2.24, 2.45) is 0 Å². The van der Waals surface area contributed by atoms with Gasteiger partial charge in [-0.05, 0) is 43.6 Å². The van der Waals surface area contributed by atoms with Crippen LogP contribution in [0.25, 0.3) is 0 Å². The van der Waals surface area contributed by atoms with Gasteiger partial charge in [0.1, 0.15) is 18.8 Å². The van der Waals surface area contributed by atoms with Crippen LogP contribution in [0.4, 0.5) is 0 Å². The smallest absolute Gasteiger partial charge is 0.265 e. The fourth-order valence-corrected chi connectivity index (χ4v) is 3.83. The number of rotatable bonds is 5. The predicted molar refractivity (Wildman–Crippen MR) is 114 cm³/mol. The second-order valence-electron chi connectivity index (χ2n) is 8.96. The SMILES string of the molecule is CC1(C)O[C@H]2O[C@H](CO[Si](C)(C)C(C)(C)C)/C(=C/COC(=N)C(Cl)(Cl)Cl)[C@H]2O1. The molecule has 2 saturated heterocycles. The number of hydrogen-bond acceptors (Lipinski definition) is 6. The van der Waals surface area contributed by atoms with Gasteiger partial charge in [0.15, 0.2) is 20.4 Å². The van der Waals surface area contributed by atoms with Crippen molar-refractivity contribution in [2.45, 2.75) is 80.8 Å². The minimum absolute atomic E-state index is 0.0506. The van der Waals surface area contributed by atoms with Gasteiger partial charge in [-0.3, -0.25) is 5.41 Å². The van der Waals surface area contributed by atoms with Gasteiger partial charge < -0.3 is 23.4 Å². The van der Waals surface area contributed by atoms with Crippen LogP contribution in [0, 0.1) is 5.41 Å². The van der Waals surface area contributed by atoms with Crippen LogP contribution in [0.3, 0.4) is 0 Å². The van der Waals surface area contributed by atoms with E-state index in [1.54, 1.807) is 6.08 Å². The van der Waals surface area contributed by atoms with Crippen molar-refractivity contribution >= 4 is 49.0 Å². The molecule has 10 heteroatoms. The maximum Gasteiger partial charge on any atom is 0.265 e. The summed E-state index contributed by atoms with van der Waals surface area (Å²) in [5.74, 6) is -1.19. The van der Waals surface area contributed by atoms with Crippen LogP contribution in [0.5, 0.6) is 0 Å². The minimum Gasteiger partial charge on any atom is -0.474 e. The molecule has 0 aromatic carbocycles. The summed E-state index contributed by atoms with van der Waals surface area (Å²) in [6.45, 7) is 15.0. The first-order valence-corrected chi connectivity index (χ1v) is 13.2. The molecular formula is C18H30Cl3NO5Si. The summed E-state index contributed by atoms with van der Waals surface area (Å²) in [5.41, 5.74) is 0.853. The van der Waals surface area contributed by atoms with Gasteiger partial charge in [0.05, 0.1) is 6.61 Å². The highest BCUT2D eigenvalue weighted by molar-refractivity contribution is 6.76. The molecule has 28 heavy (non-hydrogen) atoms. The Labute approximate surface area is 183 Å². The molecule has 2 fully saturated rings. The Bertz CT molecular complexity index is 628. The van der Waals surface area contributed by atoms with Gasteiger partial charge in [-0.1, -0.05) is 55.6 Å². The molecule has 0 radical (unpaired) electrons. The molecule has 2 rings (SSSR count). The molecule has 0 saturated carbocycles. The third kappa shape index (κ3) is 5.85. The van der Waals surface area contributed by atoms with Crippen LogP contribution in [0.1, 0.15) is 34.6 Å². The lowest BCUT2D eigenvalue weighted by molar-refractivity contribution is -0.202. The summed E-state index contributed by atoms with van der Waals surface area (Å²) >= 11 is 17.0. The number of hydrogen-bond donors (Lipinski definition) is 1. The molecule has 0 aromatic rings. The van der Waals surface area contributed by atoms with Crippen molar-refractivity contribution in [1.29, 1.82) is 5.41 Å². The van der Waals surface area contributed by atoms with E-state index in [1.807, 2.05) is 13.8 Å². The standard InChI is InChI=1S/C18H30Cl3NO5Si/c1-16(2,3)28(6,7)24-10-12-11(8-9-23-15(22)18(19,20)21)13-14(25-12)27-17(4,5)26-13/h8,12-14,22H,9-10H2,1-7H3/b11-8-,22-15?/t12-,13-,14-/m1/s1. The van der Waals surface area contributed by atoms with Crippen LogP contribution in [0.2, 0.25) is 18.1 Å². The molecule has 6 nitrogen and oxygen atoms in total. The van der Waals surface area contributed by atoms with Crippen molar-refractivity contribution in [3.8, 4) is 0 Å². The Morgan fingerprint density at radius 1 is 1.21 bits per heavy atom. The molecule has 0 aliphatic carbocycles. The van der Waals surface area contributed by atoms with Crippen molar-refractivity contribution in [3.05, 3.63) is 11.6 Å². The highest BCUT2D eigenvalue weighted by Crippen LogP contribution is 2.42. The normalized spacial score (nSPS) is 29.2. The van der Waals surface area contributed by atoms with E-state index in [9.17, 15) is 0 Å². The Morgan fingerprint density at radius 2 is 1.82 bits per heavy atom. The van der Waals surface area contributed by atoms with E-state index in [2.05, 4.69) is 33.9 Å². The average molecular weight is 475 g/mol. The lowest BCUT2D eigenvalue weighted by Crippen LogP contribution is -2.43. The zero-order chi connectivity index (χ0) is 21.5. The van der Waals surface area contributed by atoms with Crippen LogP contribution < -0.4 is 0 Å². The second-order valence-corrected chi connectivity index (χ2v) is 16.1. The summed E-state index contributed by atoms with van der Waals surface area (Å²) in [6, 6.07) is 0. The number of fused-ring (bicyclic) bond motifs is 1. The lowest BCUT2D eigenvalue weighted by atomic mass is 10.1. The molecule has 1 N–H and O–H groups in total. The molecule has 2 aliphatic rings. The van der Waals surface area contributed by atoms with E-state index in [0.717, 1.165) is 5.57 Å². The molecule has 0 unspecified atom stereocenters. The van der Waals surface area contributed by atoms with Gasteiger partial charge in [-0.2, -0.15) is 0 Å². The molecule has 2 heterocycles. The third-order valence-corrected chi connectivity index (χ3v) is 10.3. The fourth-order valence-electron chi connectivity index (χ4n) is 2.67. The van der Waals surface area contributed by atoms with Gasteiger partial charge in [-0.25, -0.2) is 0 Å². The van der Waals surface area contributed by atoms with Gasteiger partial charge in [0.25, 0.3) is 3.79 Å². The Kier molecular flexibility index (Phi) is 7.27. The van der Waals surface area contributed by atoms with Crippen molar-refractivity contribution in [3.63, 3.8) is 0 Å². The van der Waals surface area contributed by atoms with Crippen LogP contribution in [0.15, 0.2) is 11.6 Å². The minimum atomic E-state index is -1.95. The molecule has 0 spiro atoms. The van der Waals surface area contributed by atoms with Crippen LogP contribution in [-0.2, 0) is 23.4 Å². The number of nitrogens with one attached hydrogen (secondary N) is 1. The number of alkyl halides is 3. The van der Waals surface area contributed by atoms with Gasteiger partial charge in [-0.15, -0.1) is 0 Å². The summed E-state index contributed by atoms with van der Waals surface area (Å²) in [6.07, 6.45) is 0.585. The third-order valence-electron chi connectivity index (χ3n) is 5.26. The van der Waals surface area contributed by atoms with Crippen molar-refractivity contribution in [2.75, 3.05) is 13.2 Å². The lowest BCUT2D eigenvalue weighted by Gasteiger charge is -2.37. The van der Waals surface area contributed by atoms with E-state index in [-0.39, 0.29) is 23.9 Å². The number of ether oxygens (including phenoxy) is 4.